The minimum atomic E-state index is 0. The lowest BCUT2D eigenvalue weighted by Gasteiger charge is -2.28. The van der Waals surface area contributed by atoms with Crippen LogP contribution in [0.5, 0.6) is 5.75 Å². The van der Waals surface area contributed by atoms with E-state index >= 15 is 0 Å². The molecule has 0 aliphatic carbocycles. The molecule has 1 heterocycles. The van der Waals surface area contributed by atoms with Gasteiger partial charge in [-0.3, -0.25) is 4.79 Å². The van der Waals surface area contributed by atoms with Gasteiger partial charge < -0.3 is 15.4 Å². The third-order valence-corrected chi connectivity index (χ3v) is 4.58. The molecule has 2 N–H and O–H groups in total. The highest BCUT2D eigenvalue weighted by molar-refractivity contribution is 5.85. The lowest BCUT2D eigenvalue weighted by Crippen LogP contribution is -2.35. The normalized spacial score (nSPS) is 18.3. The molecule has 2 rings (SSSR count). The highest BCUT2D eigenvalue weighted by Gasteiger charge is 2.21. The van der Waals surface area contributed by atoms with E-state index in [-0.39, 0.29) is 18.3 Å². The molecule has 5 heteroatoms. The molecule has 0 radical (unpaired) electrons. The van der Waals surface area contributed by atoms with Gasteiger partial charge in [-0.1, -0.05) is 24.6 Å². The molecule has 2 unspecified atom stereocenters. The van der Waals surface area contributed by atoms with E-state index in [1.165, 1.54) is 18.4 Å². The Kier molecular flexibility index (Phi) is 9.80. The summed E-state index contributed by atoms with van der Waals surface area (Å²) in [4.78, 5) is 12.0. The molecular formula is C19H31ClN2O2. The third-order valence-electron chi connectivity index (χ3n) is 4.58. The van der Waals surface area contributed by atoms with Gasteiger partial charge in [0.1, 0.15) is 5.75 Å². The Bertz CT molecular complexity index is 473. The van der Waals surface area contributed by atoms with Crippen molar-refractivity contribution in [2.75, 3.05) is 26.2 Å². The first kappa shape index (κ1) is 20.8. The molecular weight excluding hydrogens is 324 g/mol. The van der Waals surface area contributed by atoms with Crippen LogP contribution in [0.4, 0.5) is 0 Å². The number of benzene rings is 1. The Labute approximate surface area is 152 Å². The molecule has 136 valence electrons. The molecule has 1 aliphatic heterocycles. The lowest BCUT2D eigenvalue weighted by atomic mass is 9.85. The van der Waals surface area contributed by atoms with Crippen LogP contribution >= 0.6 is 12.4 Å². The standard InChI is InChI=1S/C19H30N2O2.ClH/c1-15-6-8-18(9-7-15)23-12-4-11-21-19(22)13-16(2)17-5-3-10-20-14-17;/h6-9,16-17,20H,3-5,10-14H2,1-2H3,(H,21,22);1H. The number of carbonyl (C=O) groups is 1. The van der Waals surface area contributed by atoms with Gasteiger partial charge in [-0.2, -0.15) is 0 Å². The zero-order valence-electron chi connectivity index (χ0n) is 14.8. The summed E-state index contributed by atoms with van der Waals surface area (Å²) < 4.78 is 5.66. The fourth-order valence-corrected chi connectivity index (χ4v) is 3.02. The molecule has 1 fully saturated rings. The number of carbonyl (C=O) groups excluding carboxylic acids is 1. The number of nitrogens with one attached hydrogen (secondary N) is 2. The minimum absolute atomic E-state index is 0. The predicted octanol–water partition coefficient (Wildman–Crippen LogP) is 3.33. The fraction of sp³-hybridized carbons (Fsp3) is 0.632. The molecule has 1 saturated heterocycles. The maximum absolute atomic E-state index is 12.0. The van der Waals surface area contributed by atoms with Gasteiger partial charge in [0, 0.05) is 13.0 Å². The highest BCUT2D eigenvalue weighted by atomic mass is 35.5. The number of ether oxygens (including phenoxy) is 1. The van der Waals surface area contributed by atoms with Gasteiger partial charge in [-0.05, 0) is 63.2 Å². The maximum atomic E-state index is 12.0. The Morgan fingerprint density at radius 1 is 1.38 bits per heavy atom. The van der Waals surface area contributed by atoms with Gasteiger partial charge in [0.05, 0.1) is 6.61 Å². The van der Waals surface area contributed by atoms with Gasteiger partial charge in [0.2, 0.25) is 5.91 Å². The zero-order chi connectivity index (χ0) is 16.5. The number of hydrogen-bond donors (Lipinski definition) is 2. The molecule has 0 bridgehead atoms. The average molecular weight is 355 g/mol. The van der Waals surface area contributed by atoms with E-state index in [9.17, 15) is 4.79 Å². The monoisotopic (exact) mass is 354 g/mol. The second-order valence-electron chi connectivity index (χ2n) is 6.65. The first-order valence-corrected chi connectivity index (χ1v) is 8.82. The molecule has 0 spiro atoms. The van der Waals surface area contributed by atoms with Crippen molar-refractivity contribution in [3.05, 3.63) is 29.8 Å². The molecule has 0 aromatic heterocycles. The smallest absolute Gasteiger partial charge is 0.220 e. The van der Waals surface area contributed by atoms with E-state index in [0.717, 1.165) is 25.3 Å². The molecule has 1 amide bonds. The average Bonchev–Trinajstić information content (AvgIpc) is 2.57. The van der Waals surface area contributed by atoms with E-state index in [0.29, 0.717) is 31.4 Å². The van der Waals surface area contributed by atoms with Crippen molar-refractivity contribution in [3.8, 4) is 5.75 Å². The van der Waals surface area contributed by atoms with E-state index < -0.39 is 0 Å². The predicted molar refractivity (Wildman–Crippen MR) is 101 cm³/mol. The number of aryl methyl sites for hydroxylation is 1. The Morgan fingerprint density at radius 3 is 2.79 bits per heavy atom. The van der Waals surface area contributed by atoms with Crippen LogP contribution in [0, 0.1) is 18.8 Å². The Balaban J connectivity index is 0.00000288. The third kappa shape index (κ3) is 7.54. The first-order valence-electron chi connectivity index (χ1n) is 8.82. The summed E-state index contributed by atoms with van der Waals surface area (Å²) in [6, 6.07) is 8.04. The quantitative estimate of drug-likeness (QED) is 0.704. The summed E-state index contributed by atoms with van der Waals surface area (Å²) in [6.45, 7) is 7.74. The van der Waals surface area contributed by atoms with E-state index in [4.69, 9.17) is 4.74 Å². The van der Waals surface area contributed by atoms with Gasteiger partial charge in [-0.15, -0.1) is 12.4 Å². The molecule has 1 aromatic carbocycles. The second-order valence-corrected chi connectivity index (χ2v) is 6.65. The summed E-state index contributed by atoms with van der Waals surface area (Å²) in [6.07, 6.45) is 3.93. The molecule has 0 saturated carbocycles. The van der Waals surface area contributed by atoms with Crippen LogP contribution in [0.15, 0.2) is 24.3 Å². The van der Waals surface area contributed by atoms with E-state index in [2.05, 4.69) is 24.5 Å². The van der Waals surface area contributed by atoms with Crippen molar-refractivity contribution < 1.29 is 9.53 Å². The van der Waals surface area contributed by atoms with Crippen LogP contribution in [0.1, 0.15) is 38.2 Å². The zero-order valence-corrected chi connectivity index (χ0v) is 15.7. The van der Waals surface area contributed by atoms with Crippen molar-refractivity contribution in [2.24, 2.45) is 11.8 Å². The number of rotatable bonds is 8. The van der Waals surface area contributed by atoms with Gasteiger partial charge in [0.25, 0.3) is 0 Å². The summed E-state index contributed by atoms with van der Waals surface area (Å²) in [5.41, 5.74) is 1.23. The van der Waals surface area contributed by atoms with Gasteiger partial charge >= 0.3 is 0 Å². The summed E-state index contributed by atoms with van der Waals surface area (Å²) >= 11 is 0. The molecule has 24 heavy (non-hydrogen) atoms. The molecule has 2 atom stereocenters. The molecule has 4 nitrogen and oxygen atoms in total. The summed E-state index contributed by atoms with van der Waals surface area (Å²) in [7, 11) is 0. The van der Waals surface area contributed by atoms with Crippen molar-refractivity contribution in [1.82, 2.24) is 10.6 Å². The van der Waals surface area contributed by atoms with Crippen LogP contribution in [-0.4, -0.2) is 32.1 Å². The lowest BCUT2D eigenvalue weighted by molar-refractivity contribution is -0.122. The topological polar surface area (TPSA) is 50.4 Å². The summed E-state index contributed by atoms with van der Waals surface area (Å²) in [5, 5.41) is 6.43. The van der Waals surface area contributed by atoms with Crippen molar-refractivity contribution >= 4 is 18.3 Å². The summed E-state index contributed by atoms with van der Waals surface area (Å²) in [5.74, 6) is 2.14. The fourth-order valence-electron chi connectivity index (χ4n) is 3.02. The minimum Gasteiger partial charge on any atom is -0.494 e. The van der Waals surface area contributed by atoms with Crippen molar-refractivity contribution in [1.29, 1.82) is 0 Å². The number of amides is 1. The number of halogens is 1. The van der Waals surface area contributed by atoms with Crippen molar-refractivity contribution in [2.45, 2.75) is 39.5 Å². The maximum Gasteiger partial charge on any atom is 0.220 e. The largest absolute Gasteiger partial charge is 0.494 e. The van der Waals surface area contributed by atoms with Crippen LogP contribution in [0.25, 0.3) is 0 Å². The molecule has 1 aromatic rings. The highest BCUT2D eigenvalue weighted by Crippen LogP contribution is 2.22. The van der Waals surface area contributed by atoms with E-state index in [1.807, 2.05) is 24.3 Å². The van der Waals surface area contributed by atoms with Crippen LogP contribution in [-0.2, 0) is 4.79 Å². The Hall–Kier alpha value is -1.26. The molecule has 1 aliphatic rings. The van der Waals surface area contributed by atoms with Gasteiger partial charge in [0.15, 0.2) is 0 Å². The SMILES string of the molecule is Cc1ccc(OCCCNC(=O)CC(C)C2CCCNC2)cc1.Cl. The van der Waals surface area contributed by atoms with Crippen LogP contribution < -0.4 is 15.4 Å². The number of piperidine rings is 1. The second kappa shape index (κ2) is 11.3. The van der Waals surface area contributed by atoms with Crippen LogP contribution in [0.3, 0.4) is 0 Å². The van der Waals surface area contributed by atoms with Crippen LogP contribution in [0.2, 0.25) is 0 Å². The van der Waals surface area contributed by atoms with E-state index in [1.54, 1.807) is 0 Å². The van der Waals surface area contributed by atoms with Gasteiger partial charge in [-0.25, -0.2) is 0 Å². The Morgan fingerprint density at radius 2 is 2.12 bits per heavy atom. The first-order chi connectivity index (χ1) is 11.1. The van der Waals surface area contributed by atoms with Crippen molar-refractivity contribution in [3.63, 3.8) is 0 Å². The number of hydrogen-bond acceptors (Lipinski definition) is 3.